The summed E-state index contributed by atoms with van der Waals surface area (Å²) >= 11 is 1.52. The molecule has 0 N–H and O–H groups in total. The molecule has 2 rings (SSSR count). The van der Waals surface area contributed by atoms with E-state index in [4.69, 9.17) is 0 Å². The predicted molar refractivity (Wildman–Crippen MR) is 75.7 cm³/mol. The predicted octanol–water partition coefficient (Wildman–Crippen LogP) is 4.50. The fraction of sp³-hybridized carbons (Fsp3) is 0.400. The van der Waals surface area contributed by atoms with Gasteiger partial charge in [-0.1, -0.05) is 20.8 Å². The van der Waals surface area contributed by atoms with Crippen molar-refractivity contribution in [3.05, 3.63) is 40.3 Å². The zero-order valence-electron chi connectivity index (χ0n) is 10.8. The summed E-state index contributed by atoms with van der Waals surface area (Å²) in [5.74, 6) is 0. The molecule has 0 aliphatic rings. The monoisotopic (exact) mass is 245 g/mol. The summed E-state index contributed by atoms with van der Waals surface area (Å²) < 4.78 is 4.43. The number of rotatable bonds is 4. The van der Waals surface area contributed by atoms with Gasteiger partial charge in [0.1, 0.15) is 0 Å². The first-order valence-electron chi connectivity index (χ1n) is 6.35. The van der Waals surface area contributed by atoms with E-state index < -0.39 is 0 Å². The van der Waals surface area contributed by atoms with Gasteiger partial charge in [0.2, 0.25) is 0 Å². The molecule has 0 saturated carbocycles. The van der Waals surface area contributed by atoms with Crippen LogP contribution in [0.15, 0.2) is 23.6 Å². The molecule has 90 valence electrons. The van der Waals surface area contributed by atoms with E-state index in [1.807, 2.05) is 5.38 Å². The van der Waals surface area contributed by atoms with Crippen LogP contribution in [0.2, 0.25) is 0 Å². The lowest BCUT2D eigenvalue weighted by Gasteiger charge is -2.13. The summed E-state index contributed by atoms with van der Waals surface area (Å²) in [7, 11) is 0. The lowest BCUT2D eigenvalue weighted by atomic mass is 9.92. The first-order valence-corrected chi connectivity index (χ1v) is 7.19. The molecule has 1 aromatic carbocycles. The van der Waals surface area contributed by atoms with Crippen molar-refractivity contribution in [2.45, 2.75) is 40.0 Å². The van der Waals surface area contributed by atoms with Crippen LogP contribution in [-0.4, -0.2) is 4.37 Å². The standard InChI is InChI=1S/C15H19NS/c1-4-11-9-13(15-7-8-17-16-15)10-12(5-2)14(11)6-3/h7-10H,4-6H2,1-3H3. The molecule has 0 radical (unpaired) electrons. The molecule has 0 spiro atoms. The van der Waals surface area contributed by atoms with Crippen LogP contribution in [0, 0.1) is 0 Å². The highest BCUT2D eigenvalue weighted by atomic mass is 32.1. The molecule has 1 aromatic heterocycles. The topological polar surface area (TPSA) is 12.9 Å². The van der Waals surface area contributed by atoms with Gasteiger partial charge in [0.05, 0.1) is 5.69 Å². The van der Waals surface area contributed by atoms with E-state index in [0.717, 1.165) is 25.0 Å². The van der Waals surface area contributed by atoms with Crippen molar-refractivity contribution in [2.75, 3.05) is 0 Å². The average molecular weight is 245 g/mol. The lowest BCUT2D eigenvalue weighted by molar-refractivity contribution is 0.982. The summed E-state index contributed by atoms with van der Waals surface area (Å²) in [4.78, 5) is 0. The average Bonchev–Trinajstić information content (AvgIpc) is 2.90. The molecule has 0 aliphatic carbocycles. The van der Waals surface area contributed by atoms with E-state index >= 15 is 0 Å². The molecule has 2 aromatic rings. The van der Waals surface area contributed by atoms with E-state index in [9.17, 15) is 0 Å². The second-order valence-electron chi connectivity index (χ2n) is 4.22. The van der Waals surface area contributed by atoms with Crippen LogP contribution < -0.4 is 0 Å². The molecule has 0 amide bonds. The number of hydrogen-bond donors (Lipinski definition) is 0. The van der Waals surface area contributed by atoms with Crippen LogP contribution in [0.1, 0.15) is 37.5 Å². The van der Waals surface area contributed by atoms with Crippen molar-refractivity contribution in [1.29, 1.82) is 0 Å². The number of aromatic nitrogens is 1. The maximum atomic E-state index is 4.43. The molecule has 0 saturated heterocycles. The Morgan fingerprint density at radius 1 is 1.00 bits per heavy atom. The Morgan fingerprint density at radius 3 is 2.06 bits per heavy atom. The van der Waals surface area contributed by atoms with Crippen LogP contribution in [0.5, 0.6) is 0 Å². The highest BCUT2D eigenvalue weighted by molar-refractivity contribution is 7.03. The van der Waals surface area contributed by atoms with Crippen molar-refractivity contribution in [2.24, 2.45) is 0 Å². The Balaban J connectivity index is 2.56. The molecule has 17 heavy (non-hydrogen) atoms. The zero-order valence-corrected chi connectivity index (χ0v) is 11.6. The zero-order chi connectivity index (χ0) is 12.3. The molecule has 0 fully saturated rings. The van der Waals surface area contributed by atoms with Crippen LogP contribution in [0.3, 0.4) is 0 Å². The fourth-order valence-electron chi connectivity index (χ4n) is 2.39. The molecule has 2 heteroatoms. The van der Waals surface area contributed by atoms with Gasteiger partial charge in [-0.25, -0.2) is 0 Å². The minimum absolute atomic E-state index is 1.11. The van der Waals surface area contributed by atoms with Crippen molar-refractivity contribution >= 4 is 11.5 Å². The Morgan fingerprint density at radius 2 is 1.65 bits per heavy atom. The molecule has 0 unspecified atom stereocenters. The first kappa shape index (κ1) is 12.3. The molecule has 1 nitrogen and oxygen atoms in total. The normalized spacial score (nSPS) is 10.8. The summed E-state index contributed by atoms with van der Waals surface area (Å²) in [6.07, 6.45) is 3.34. The molecule has 1 heterocycles. The highest BCUT2D eigenvalue weighted by Gasteiger charge is 2.09. The third-order valence-electron chi connectivity index (χ3n) is 3.28. The van der Waals surface area contributed by atoms with Crippen LogP contribution in [-0.2, 0) is 19.3 Å². The maximum absolute atomic E-state index is 4.43. The molecular formula is C15H19NS. The van der Waals surface area contributed by atoms with Gasteiger partial charge in [-0.3, -0.25) is 0 Å². The van der Waals surface area contributed by atoms with Gasteiger partial charge >= 0.3 is 0 Å². The number of aryl methyl sites for hydroxylation is 2. The van der Waals surface area contributed by atoms with Gasteiger partial charge in [-0.2, -0.15) is 4.37 Å². The van der Waals surface area contributed by atoms with Crippen molar-refractivity contribution in [1.82, 2.24) is 4.37 Å². The lowest BCUT2D eigenvalue weighted by Crippen LogP contribution is -1.99. The summed E-state index contributed by atoms with van der Waals surface area (Å²) in [5.41, 5.74) is 6.89. The van der Waals surface area contributed by atoms with Gasteiger partial charge in [0, 0.05) is 10.9 Å². The van der Waals surface area contributed by atoms with E-state index in [2.05, 4.69) is 43.3 Å². The molecule has 0 atom stereocenters. The van der Waals surface area contributed by atoms with Gasteiger partial charge in [-0.15, -0.1) is 0 Å². The van der Waals surface area contributed by atoms with Gasteiger partial charge in [-0.05, 0) is 65.7 Å². The Bertz CT molecular complexity index is 461. The van der Waals surface area contributed by atoms with Crippen molar-refractivity contribution < 1.29 is 0 Å². The van der Waals surface area contributed by atoms with E-state index in [0.29, 0.717) is 0 Å². The number of hydrogen-bond acceptors (Lipinski definition) is 2. The van der Waals surface area contributed by atoms with Gasteiger partial charge in [0.25, 0.3) is 0 Å². The van der Waals surface area contributed by atoms with Crippen LogP contribution in [0.4, 0.5) is 0 Å². The highest BCUT2D eigenvalue weighted by Crippen LogP contribution is 2.26. The van der Waals surface area contributed by atoms with E-state index in [1.54, 1.807) is 0 Å². The minimum Gasteiger partial charge on any atom is -0.193 e. The van der Waals surface area contributed by atoms with Crippen LogP contribution >= 0.6 is 11.5 Å². The molecule has 0 bridgehead atoms. The first-order chi connectivity index (χ1) is 8.30. The van der Waals surface area contributed by atoms with Crippen LogP contribution in [0.25, 0.3) is 11.3 Å². The number of nitrogens with zero attached hydrogens (tertiary/aromatic N) is 1. The quantitative estimate of drug-likeness (QED) is 0.773. The number of benzene rings is 1. The maximum Gasteiger partial charge on any atom is 0.0840 e. The summed E-state index contributed by atoms with van der Waals surface area (Å²) in [6, 6.07) is 6.73. The van der Waals surface area contributed by atoms with E-state index in [-0.39, 0.29) is 0 Å². The third-order valence-corrected chi connectivity index (χ3v) is 3.84. The van der Waals surface area contributed by atoms with Gasteiger partial charge in [0.15, 0.2) is 0 Å². The minimum atomic E-state index is 1.11. The second kappa shape index (κ2) is 5.46. The summed E-state index contributed by atoms with van der Waals surface area (Å²) in [6.45, 7) is 6.72. The SMILES string of the molecule is CCc1cc(-c2ccsn2)cc(CC)c1CC. The fourth-order valence-corrected chi connectivity index (χ4v) is 2.92. The Labute approximate surface area is 108 Å². The summed E-state index contributed by atoms with van der Waals surface area (Å²) in [5, 5.41) is 2.04. The Hall–Kier alpha value is -1.15. The van der Waals surface area contributed by atoms with Crippen molar-refractivity contribution in [3.8, 4) is 11.3 Å². The Kier molecular flexibility index (Phi) is 3.95. The van der Waals surface area contributed by atoms with Gasteiger partial charge < -0.3 is 0 Å². The second-order valence-corrected chi connectivity index (χ2v) is 4.88. The smallest absolute Gasteiger partial charge is 0.0840 e. The molecule has 0 aliphatic heterocycles. The molecular weight excluding hydrogens is 226 g/mol. The van der Waals surface area contributed by atoms with Crippen molar-refractivity contribution in [3.63, 3.8) is 0 Å². The largest absolute Gasteiger partial charge is 0.193 e. The van der Waals surface area contributed by atoms with E-state index in [1.165, 1.54) is 33.8 Å². The third kappa shape index (κ3) is 2.42.